The standard InChI is InChI=1S/C10H18N2O3.ClH/c1-7-6-12(2-3-15-7)10(14)9-4-8(13)5-11-9;/h7-9,11,13H,2-6H2,1H3;1H. The van der Waals surface area contributed by atoms with Gasteiger partial charge in [-0.25, -0.2) is 0 Å². The number of carbonyl (C=O) groups excluding carboxylic acids is 1. The second-order valence-electron chi connectivity index (χ2n) is 4.32. The van der Waals surface area contributed by atoms with Gasteiger partial charge >= 0.3 is 0 Å². The third-order valence-corrected chi connectivity index (χ3v) is 2.96. The summed E-state index contributed by atoms with van der Waals surface area (Å²) in [6.07, 6.45) is 0.274. The molecule has 2 N–H and O–H groups in total. The fraction of sp³-hybridized carbons (Fsp3) is 0.900. The number of halogens is 1. The molecule has 94 valence electrons. The molecule has 0 saturated carbocycles. The minimum atomic E-state index is -0.377. The van der Waals surface area contributed by atoms with E-state index in [0.29, 0.717) is 32.7 Å². The van der Waals surface area contributed by atoms with Crippen molar-refractivity contribution in [2.45, 2.75) is 31.6 Å². The Morgan fingerprint density at radius 3 is 2.88 bits per heavy atom. The Kier molecular flexibility index (Phi) is 4.98. The van der Waals surface area contributed by atoms with Crippen molar-refractivity contribution in [1.29, 1.82) is 0 Å². The summed E-state index contributed by atoms with van der Waals surface area (Å²) in [5.74, 6) is 0.0988. The lowest BCUT2D eigenvalue weighted by atomic mass is 10.1. The first-order valence-electron chi connectivity index (χ1n) is 5.48. The average Bonchev–Trinajstić information content (AvgIpc) is 2.64. The van der Waals surface area contributed by atoms with Gasteiger partial charge in [-0.2, -0.15) is 0 Å². The zero-order valence-corrected chi connectivity index (χ0v) is 10.2. The Hall–Kier alpha value is -0.360. The Bertz CT molecular complexity index is 252. The summed E-state index contributed by atoms with van der Waals surface area (Å²) in [4.78, 5) is 13.8. The van der Waals surface area contributed by atoms with Gasteiger partial charge in [0.2, 0.25) is 5.91 Å². The van der Waals surface area contributed by atoms with E-state index in [-0.39, 0.29) is 36.6 Å². The van der Waals surface area contributed by atoms with Crippen LogP contribution in [-0.2, 0) is 9.53 Å². The molecule has 2 aliphatic rings. The number of nitrogens with one attached hydrogen (secondary N) is 1. The third-order valence-electron chi connectivity index (χ3n) is 2.96. The van der Waals surface area contributed by atoms with Gasteiger partial charge in [0.25, 0.3) is 0 Å². The summed E-state index contributed by atoms with van der Waals surface area (Å²) < 4.78 is 5.38. The summed E-state index contributed by atoms with van der Waals surface area (Å²) in [6.45, 7) is 4.43. The van der Waals surface area contributed by atoms with Crippen molar-refractivity contribution in [3.05, 3.63) is 0 Å². The molecule has 0 aliphatic carbocycles. The lowest BCUT2D eigenvalue weighted by molar-refractivity contribution is -0.140. The second-order valence-corrected chi connectivity index (χ2v) is 4.32. The summed E-state index contributed by atoms with van der Waals surface area (Å²) in [5.41, 5.74) is 0. The van der Waals surface area contributed by atoms with Crippen LogP contribution >= 0.6 is 12.4 Å². The van der Waals surface area contributed by atoms with Crippen LogP contribution in [0, 0.1) is 0 Å². The molecule has 2 rings (SSSR count). The highest BCUT2D eigenvalue weighted by molar-refractivity contribution is 5.85. The number of amides is 1. The van der Waals surface area contributed by atoms with E-state index in [1.54, 1.807) is 0 Å². The van der Waals surface area contributed by atoms with Crippen LogP contribution in [0.25, 0.3) is 0 Å². The number of β-amino-alcohol motifs (C(OH)–C–C–N with tert-alkyl or cyclic N) is 1. The quantitative estimate of drug-likeness (QED) is 0.651. The summed E-state index contributed by atoms with van der Waals surface area (Å²) >= 11 is 0. The number of ether oxygens (including phenoxy) is 1. The summed E-state index contributed by atoms with van der Waals surface area (Å²) in [7, 11) is 0. The van der Waals surface area contributed by atoms with Crippen molar-refractivity contribution in [3.63, 3.8) is 0 Å². The SMILES string of the molecule is CC1CN(C(=O)C2CC(O)CN2)CCO1.Cl. The predicted octanol–water partition coefficient (Wildman–Crippen LogP) is -0.622. The van der Waals surface area contributed by atoms with E-state index in [0.717, 1.165) is 0 Å². The molecule has 5 nitrogen and oxygen atoms in total. The highest BCUT2D eigenvalue weighted by atomic mass is 35.5. The lowest BCUT2D eigenvalue weighted by Gasteiger charge is -2.32. The van der Waals surface area contributed by atoms with E-state index in [2.05, 4.69) is 5.32 Å². The molecule has 0 aromatic heterocycles. The minimum Gasteiger partial charge on any atom is -0.392 e. The smallest absolute Gasteiger partial charge is 0.239 e. The Morgan fingerprint density at radius 1 is 1.56 bits per heavy atom. The van der Waals surface area contributed by atoms with E-state index in [4.69, 9.17) is 4.74 Å². The van der Waals surface area contributed by atoms with Crippen molar-refractivity contribution in [3.8, 4) is 0 Å². The number of hydrogen-bond acceptors (Lipinski definition) is 4. The number of hydrogen-bond donors (Lipinski definition) is 2. The van der Waals surface area contributed by atoms with Gasteiger partial charge in [-0.3, -0.25) is 4.79 Å². The van der Waals surface area contributed by atoms with Gasteiger partial charge in [0.05, 0.1) is 24.9 Å². The number of nitrogens with zero attached hydrogens (tertiary/aromatic N) is 1. The lowest BCUT2D eigenvalue weighted by Crippen LogP contribution is -2.50. The normalized spacial score (nSPS) is 34.6. The molecule has 2 aliphatic heterocycles. The average molecular weight is 251 g/mol. The van der Waals surface area contributed by atoms with E-state index in [9.17, 15) is 9.90 Å². The number of rotatable bonds is 1. The molecular weight excluding hydrogens is 232 g/mol. The second kappa shape index (κ2) is 5.82. The van der Waals surface area contributed by atoms with Crippen LogP contribution in [0.3, 0.4) is 0 Å². The predicted molar refractivity (Wildman–Crippen MR) is 61.7 cm³/mol. The molecule has 0 bridgehead atoms. The number of aliphatic hydroxyl groups excluding tert-OH is 1. The van der Waals surface area contributed by atoms with E-state index >= 15 is 0 Å². The number of carbonyl (C=O) groups is 1. The molecule has 16 heavy (non-hydrogen) atoms. The minimum absolute atomic E-state index is 0. The molecule has 2 saturated heterocycles. The van der Waals surface area contributed by atoms with Crippen LogP contribution < -0.4 is 5.32 Å². The van der Waals surface area contributed by atoms with Gasteiger partial charge in [-0.05, 0) is 13.3 Å². The van der Waals surface area contributed by atoms with Crippen LogP contribution in [0.5, 0.6) is 0 Å². The molecule has 0 aromatic carbocycles. The molecule has 0 aromatic rings. The molecule has 3 atom stereocenters. The number of morpholine rings is 1. The zero-order chi connectivity index (χ0) is 10.8. The van der Waals surface area contributed by atoms with Crippen LogP contribution in [-0.4, -0.2) is 60.4 Å². The van der Waals surface area contributed by atoms with Crippen molar-refractivity contribution in [2.75, 3.05) is 26.2 Å². The largest absolute Gasteiger partial charge is 0.392 e. The van der Waals surface area contributed by atoms with Crippen LogP contribution in [0.1, 0.15) is 13.3 Å². The monoisotopic (exact) mass is 250 g/mol. The molecule has 2 heterocycles. The summed E-state index contributed by atoms with van der Waals surface area (Å²) in [6, 6.07) is -0.203. The van der Waals surface area contributed by atoms with Crippen molar-refractivity contribution < 1.29 is 14.6 Å². The fourth-order valence-electron chi connectivity index (χ4n) is 2.14. The molecule has 0 spiro atoms. The molecular formula is C10H19ClN2O3. The fourth-order valence-corrected chi connectivity index (χ4v) is 2.14. The highest BCUT2D eigenvalue weighted by Crippen LogP contribution is 2.12. The molecule has 2 fully saturated rings. The van der Waals surface area contributed by atoms with Crippen LogP contribution in [0.15, 0.2) is 0 Å². The van der Waals surface area contributed by atoms with Crippen LogP contribution in [0.4, 0.5) is 0 Å². The zero-order valence-electron chi connectivity index (χ0n) is 9.39. The molecule has 3 unspecified atom stereocenters. The first-order chi connectivity index (χ1) is 7.16. The Morgan fingerprint density at radius 2 is 2.31 bits per heavy atom. The topological polar surface area (TPSA) is 61.8 Å². The molecule has 0 radical (unpaired) electrons. The van der Waals surface area contributed by atoms with Gasteiger partial charge in [-0.15, -0.1) is 12.4 Å². The van der Waals surface area contributed by atoms with E-state index in [1.165, 1.54) is 0 Å². The van der Waals surface area contributed by atoms with Gasteiger partial charge in [0.1, 0.15) is 0 Å². The van der Waals surface area contributed by atoms with Gasteiger partial charge < -0.3 is 20.1 Å². The third kappa shape index (κ3) is 3.07. The maximum atomic E-state index is 12.0. The van der Waals surface area contributed by atoms with Crippen molar-refractivity contribution >= 4 is 18.3 Å². The number of aliphatic hydroxyl groups is 1. The molecule has 6 heteroatoms. The maximum absolute atomic E-state index is 12.0. The van der Waals surface area contributed by atoms with E-state index < -0.39 is 0 Å². The summed E-state index contributed by atoms with van der Waals surface area (Å²) in [5, 5.41) is 12.4. The maximum Gasteiger partial charge on any atom is 0.239 e. The van der Waals surface area contributed by atoms with Gasteiger partial charge in [0.15, 0.2) is 0 Å². The van der Waals surface area contributed by atoms with Crippen molar-refractivity contribution in [1.82, 2.24) is 10.2 Å². The van der Waals surface area contributed by atoms with Gasteiger partial charge in [0, 0.05) is 19.6 Å². The van der Waals surface area contributed by atoms with Gasteiger partial charge in [-0.1, -0.05) is 0 Å². The highest BCUT2D eigenvalue weighted by Gasteiger charge is 2.32. The Balaban J connectivity index is 0.00000128. The van der Waals surface area contributed by atoms with Crippen molar-refractivity contribution in [2.24, 2.45) is 0 Å². The Labute approximate surface area is 102 Å². The first-order valence-corrected chi connectivity index (χ1v) is 5.48. The first kappa shape index (κ1) is 13.7. The van der Waals surface area contributed by atoms with E-state index in [1.807, 2.05) is 11.8 Å². The molecule has 1 amide bonds. The van der Waals surface area contributed by atoms with Crippen LogP contribution in [0.2, 0.25) is 0 Å².